The van der Waals surface area contributed by atoms with Gasteiger partial charge in [-0.25, -0.2) is 23.7 Å². The highest BCUT2D eigenvalue weighted by Gasteiger charge is 2.47. The summed E-state index contributed by atoms with van der Waals surface area (Å²) in [4.78, 5) is 68.8. The topological polar surface area (TPSA) is 198 Å². The van der Waals surface area contributed by atoms with Crippen LogP contribution in [0, 0.1) is 41.2 Å². The Kier molecular flexibility index (Phi) is 17.7. The maximum absolute atomic E-state index is 15.8. The molecule has 0 aliphatic carbocycles. The van der Waals surface area contributed by atoms with Crippen molar-refractivity contribution in [3.8, 4) is 10.4 Å². The van der Waals surface area contributed by atoms with Gasteiger partial charge in [0.25, 0.3) is 0 Å². The largest absolute Gasteiger partial charge is 0.391 e. The number of β-amino-alcohol motifs (C(OH)–C–C–N with tert-alkyl or cyclic N) is 2. The summed E-state index contributed by atoms with van der Waals surface area (Å²) in [5.41, 5.74) is 4.47. The molecular weight excluding hydrogens is 1050 g/mol. The number of nitrogens with zero attached hydrogens (tertiary/aromatic N) is 9. The van der Waals surface area contributed by atoms with Crippen molar-refractivity contribution >= 4 is 46.4 Å². The zero-order chi connectivity index (χ0) is 57.4. The third-order valence-corrected chi connectivity index (χ3v) is 19.1. The number of thiazole rings is 1. The molecular formula is C60H85F2N13O5S. The predicted molar refractivity (Wildman–Crippen MR) is 312 cm³/mol. The fraction of sp³-hybridized carbons (Fsp3) is 0.633. The fourth-order valence-electron chi connectivity index (χ4n) is 13.3. The van der Waals surface area contributed by atoms with Crippen LogP contribution < -0.4 is 31.1 Å². The van der Waals surface area contributed by atoms with E-state index in [1.54, 1.807) is 22.6 Å². The molecule has 0 bridgehead atoms. The number of likely N-dealkylation sites (tertiary alicyclic amines) is 4. The summed E-state index contributed by atoms with van der Waals surface area (Å²) in [6.07, 6.45) is 4.30. The zero-order valence-electron chi connectivity index (χ0n) is 48.4. The molecule has 1 unspecified atom stereocenters. The molecule has 10 rings (SSSR count). The van der Waals surface area contributed by atoms with Gasteiger partial charge in [-0.3, -0.25) is 29.5 Å². The van der Waals surface area contributed by atoms with Gasteiger partial charge in [-0.15, -0.1) is 11.3 Å². The summed E-state index contributed by atoms with van der Waals surface area (Å²) in [7, 11) is 0. The molecule has 6 N–H and O–H groups in total. The predicted octanol–water partition coefficient (Wildman–Crippen LogP) is 5.61. The van der Waals surface area contributed by atoms with Crippen molar-refractivity contribution in [2.75, 3.05) is 107 Å². The van der Waals surface area contributed by atoms with Crippen LogP contribution in [0.25, 0.3) is 10.4 Å². The molecule has 4 aromatic rings. The molecule has 6 fully saturated rings. The highest BCUT2D eigenvalue weighted by Crippen LogP contribution is 2.37. The van der Waals surface area contributed by atoms with Gasteiger partial charge in [-0.1, -0.05) is 58.9 Å². The first-order valence-electron chi connectivity index (χ1n) is 29.3. The van der Waals surface area contributed by atoms with Gasteiger partial charge in [0, 0.05) is 95.1 Å². The van der Waals surface area contributed by atoms with Crippen molar-refractivity contribution in [2.45, 2.75) is 130 Å². The molecule has 7 atom stereocenters. The van der Waals surface area contributed by atoms with Crippen LogP contribution in [0.2, 0.25) is 0 Å². The Morgan fingerprint density at radius 3 is 2.22 bits per heavy atom. The van der Waals surface area contributed by atoms with Gasteiger partial charge < -0.3 is 45.8 Å². The Hall–Kier alpha value is -5.42. The first kappa shape index (κ1) is 58.8. The maximum atomic E-state index is 15.8. The van der Waals surface area contributed by atoms with Crippen LogP contribution in [0.4, 0.5) is 26.1 Å². The van der Waals surface area contributed by atoms with E-state index in [1.807, 2.05) is 70.5 Å². The first-order chi connectivity index (χ1) is 38.6. The van der Waals surface area contributed by atoms with Gasteiger partial charge in [0.15, 0.2) is 0 Å². The van der Waals surface area contributed by atoms with Gasteiger partial charge >= 0.3 is 0 Å². The SMILES string of the molecule is Cc1ncsc1-c1ccc([C@H](C)NC(=O)[C@@H]2C[C@@H](O)CN2C(=O)[C@@H](NC(=O)CN2C[C@H]3CN(CCCNc4cc(N5CCC6(CC5)CN(c5cc(F)c(CN7CCC(C)(C)CC7)cc5F)CC(O)N6)ncn4)C[C@H]3C2)C(C)(C)C)cc1. The number of aliphatic hydroxyl groups is 2. The van der Waals surface area contributed by atoms with E-state index in [9.17, 15) is 24.6 Å². The molecule has 8 heterocycles. The Balaban J connectivity index is 0.642. The van der Waals surface area contributed by atoms with Gasteiger partial charge in [-0.2, -0.15) is 0 Å². The Morgan fingerprint density at radius 1 is 0.840 bits per heavy atom. The fourth-order valence-corrected chi connectivity index (χ4v) is 14.1. The zero-order valence-corrected chi connectivity index (χ0v) is 49.2. The first-order valence-corrected chi connectivity index (χ1v) is 30.2. The number of hydrogen-bond donors (Lipinski definition) is 6. The molecule has 1 spiro atoms. The third-order valence-electron chi connectivity index (χ3n) is 18.1. The highest BCUT2D eigenvalue weighted by atomic mass is 32.1. The molecule has 21 heteroatoms. The second-order valence-corrected chi connectivity index (χ2v) is 26.9. The van der Waals surface area contributed by atoms with E-state index >= 15 is 8.78 Å². The smallest absolute Gasteiger partial charge is 0.246 e. The number of benzene rings is 2. The lowest BCUT2D eigenvalue weighted by atomic mass is 9.82. The minimum Gasteiger partial charge on any atom is -0.391 e. The second kappa shape index (κ2) is 24.4. The molecule has 6 aliphatic heterocycles. The number of piperazine rings is 1. The maximum Gasteiger partial charge on any atom is 0.246 e. The lowest BCUT2D eigenvalue weighted by molar-refractivity contribution is -0.144. The van der Waals surface area contributed by atoms with Crippen molar-refractivity contribution in [1.82, 2.24) is 50.5 Å². The number of nitrogens with one attached hydrogen (secondary N) is 4. The van der Waals surface area contributed by atoms with Crippen LogP contribution in [0.15, 0.2) is 54.3 Å². The third kappa shape index (κ3) is 14.0. The number of anilines is 3. The highest BCUT2D eigenvalue weighted by molar-refractivity contribution is 7.13. The van der Waals surface area contributed by atoms with E-state index in [2.05, 4.69) is 69.7 Å². The summed E-state index contributed by atoms with van der Waals surface area (Å²) in [5, 5.41) is 34.8. The molecule has 2 aromatic heterocycles. The number of amides is 3. The van der Waals surface area contributed by atoms with Crippen molar-refractivity contribution < 1.29 is 33.4 Å². The van der Waals surface area contributed by atoms with Crippen LogP contribution in [0.5, 0.6) is 0 Å². The molecule has 0 radical (unpaired) electrons. The average Bonchev–Trinajstić information content (AvgIpc) is 4.39. The minimum atomic E-state index is -0.897. The summed E-state index contributed by atoms with van der Waals surface area (Å²) in [6, 6.07) is 10.5. The average molecular weight is 1140 g/mol. The number of aryl methyl sites for hydroxylation is 1. The van der Waals surface area contributed by atoms with E-state index in [1.165, 1.54) is 17.0 Å². The van der Waals surface area contributed by atoms with Crippen LogP contribution in [-0.2, 0) is 20.9 Å². The second-order valence-electron chi connectivity index (χ2n) is 26.0. The molecule has 2 aromatic carbocycles. The number of carbonyl (C=O) groups is 3. The number of aliphatic hydroxyl groups excluding tert-OH is 2. The molecule has 18 nitrogen and oxygen atoms in total. The van der Waals surface area contributed by atoms with E-state index in [4.69, 9.17) is 0 Å². The summed E-state index contributed by atoms with van der Waals surface area (Å²) >= 11 is 1.58. The molecule has 6 saturated heterocycles. The lowest BCUT2D eigenvalue weighted by Crippen LogP contribution is -2.68. The molecule has 3 amide bonds. The number of rotatable bonds is 17. The summed E-state index contributed by atoms with van der Waals surface area (Å²) < 4.78 is 31.4. The van der Waals surface area contributed by atoms with Crippen LogP contribution >= 0.6 is 11.3 Å². The van der Waals surface area contributed by atoms with E-state index in [-0.39, 0.29) is 60.9 Å². The number of fused-ring (bicyclic) bond motifs is 1. The number of halogens is 2. The Morgan fingerprint density at radius 2 is 1.54 bits per heavy atom. The number of aromatic nitrogens is 3. The summed E-state index contributed by atoms with van der Waals surface area (Å²) in [6.45, 7) is 23.5. The molecule has 440 valence electrons. The molecule has 0 saturated carbocycles. The van der Waals surface area contributed by atoms with Gasteiger partial charge in [-0.05, 0) is 105 Å². The van der Waals surface area contributed by atoms with Gasteiger partial charge in [0.2, 0.25) is 17.7 Å². The van der Waals surface area contributed by atoms with Gasteiger partial charge in [0.05, 0.1) is 47.0 Å². The van der Waals surface area contributed by atoms with Crippen molar-refractivity contribution in [3.63, 3.8) is 0 Å². The minimum absolute atomic E-state index is 0.0129. The molecule has 6 aliphatic rings. The quantitative estimate of drug-likeness (QED) is 0.0714. The lowest BCUT2D eigenvalue weighted by Gasteiger charge is -2.50. The Labute approximate surface area is 480 Å². The summed E-state index contributed by atoms with van der Waals surface area (Å²) in [5.74, 6) is 0.632. The number of hydrogen-bond acceptors (Lipinski definition) is 16. The Bertz CT molecular complexity index is 2840. The van der Waals surface area contributed by atoms with Crippen LogP contribution in [-0.4, -0.2) is 184 Å². The standard InChI is InChI=1S/C60H85F2N13O5S/c1-38(40-9-11-41(12-10-40)54-39(2)66-37-81-54)67-56(79)49-24-45(76)32-75(49)57(80)55(58(3,4)5)68-52(77)33-72-30-43-28-71(29-44(43)31-72)18-8-17-63-50-26-51(65-36-64-50)73-21-15-60(16-22-73)35-74(34-53(78)69-60)48-25-46(61)42(23-47(48)62)27-70-19-13-59(6,7)14-20-70/h9-12,23,25-26,36-38,43-45,49,53,55,69,76,78H,8,13-22,24,27-35H2,1-7H3,(H,67,79)(H,68,77)(H,63,64,65)/t38-,43-,44+,45+,49-,53?,55+/m0/s1. The monoisotopic (exact) mass is 1140 g/mol. The molecule has 81 heavy (non-hydrogen) atoms. The van der Waals surface area contributed by atoms with Crippen LogP contribution in [0.3, 0.4) is 0 Å². The van der Waals surface area contributed by atoms with E-state index in [0.29, 0.717) is 56.4 Å². The van der Waals surface area contributed by atoms with Crippen LogP contribution in [0.1, 0.15) is 103 Å². The number of piperidine rings is 2. The van der Waals surface area contributed by atoms with Crippen molar-refractivity contribution in [2.24, 2.45) is 22.7 Å². The normalized spacial score (nSPS) is 25.0. The number of carbonyl (C=O) groups excluding carboxylic acids is 3. The van der Waals surface area contributed by atoms with E-state index < -0.39 is 47.0 Å². The van der Waals surface area contributed by atoms with E-state index in [0.717, 1.165) is 105 Å². The van der Waals surface area contributed by atoms with Crippen molar-refractivity contribution in [1.29, 1.82) is 0 Å². The van der Waals surface area contributed by atoms with Crippen molar-refractivity contribution in [3.05, 3.63) is 82.8 Å². The van der Waals surface area contributed by atoms with Gasteiger partial charge in [0.1, 0.15) is 47.9 Å².